The molecule has 0 atom stereocenters. The monoisotopic (exact) mass is 317 g/mol. The number of alkyl carbamates (subject to hydrolysis) is 1. The highest BCUT2D eigenvalue weighted by molar-refractivity contribution is 8.72. The highest BCUT2D eigenvalue weighted by atomic mass is 33.1. The Morgan fingerprint density at radius 2 is 1.85 bits per heavy atom. The summed E-state index contributed by atoms with van der Waals surface area (Å²) < 4.78 is 28.9. The van der Waals surface area contributed by atoms with E-state index in [0.29, 0.717) is 0 Å². The minimum absolute atomic E-state index is 0.228. The third kappa shape index (κ3) is 6.29. The van der Waals surface area contributed by atoms with E-state index in [1.54, 1.807) is 51.1 Å². The zero-order valence-corrected chi connectivity index (χ0v) is 13.4. The van der Waals surface area contributed by atoms with E-state index in [9.17, 15) is 13.2 Å². The summed E-state index contributed by atoms with van der Waals surface area (Å²) in [6.45, 7) is 5.52. The lowest BCUT2D eigenvalue weighted by molar-refractivity contribution is 0.0531. The van der Waals surface area contributed by atoms with E-state index < -0.39 is 20.6 Å². The summed E-state index contributed by atoms with van der Waals surface area (Å²) in [6.07, 6.45) is -0.546. The molecule has 20 heavy (non-hydrogen) atoms. The third-order valence-electron chi connectivity index (χ3n) is 2.04. The van der Waals surface area contributed by atoms with E-state index in [1.807, 2.05) is 0 Å². The van der Waals surface area contributed by atoms with E-state index in [-0.39, 0.29) is 17.2 Å². The summed E-state index contributed by atoms with van der Waals surface area (Å²) in [5.41, 5.74) is -0.562. The molecule has 0 aromatic heterocycles. The Morgan fingerprint density at radius 3 is 2.40 bits per heavy atom. The van der Waals surface area contributed by atoms with Crippen molar-refractivity contribution >= 4 is 25.8 Å². The second-order valence-corrected chi connectivity index (χ2v) is 9.07. The molecule has 7 heteroatoms. The lowest BCUT2D eigenvalue weighted by atomic mass is 10.2. The molecular weight excluding hydrogens is 298 g/mol. The van der Waals surface area contributed by atoms with E-state index >= 15 is 0 Å². The summed E-state index contributed by atoms with van der Waals surface area (Å²) >= 11 is 0. The van der Waals surface area contributed by atoms with Crippen molar-refractivity contribution in [1.82, 2.24) is 5.32 Å². The molecule has 0 unspecified atom stereocenters. The number of carbonyl (C=O) groups is 1. The molecule has 0 bridgehead atoms. The van der Waals surface area contributed by atoms with Crippen molar-refractivity contribution in [2.24, 2.45) is 0 Å². The predicted octanol–water partition coefficient (Wildman–Crippen LogP) is 2.63. The number of hydrogen-bond acceptors (Lipinski definition) is 5. The van der Waals surface area contributed by atoms with Gasteiger partial charge in [-0.05, 0) is 43.7 Å². The fourth-order valence-corrected chi connectivity index (χ4v) is 3.96. The molecule has 0 aliphatic carbocycles. The average Bonchev–Trinajstić information content (AvgIpc) is 2.34. The molecule has 1 aromatic carbocycles. The molecular formula is C13H19NO4S2. The molecule has 1 aromatic rings. The average molecular weight is 317 g/mol. The van der Waals surface area contributed by atoms with Crippen LogP contribution in [0.1, 0.15) is 20.8 Å². The molecule has 0 aliphatic rings. The predicted molar refractivity (Wildman–Crippen MR) is 80.3 cm³/mol. The van der Waals surface area contributed by atoms with Crippen LogP contribution >= 0.6 is 10.8 Å². The Balaban J connectivity index is 2.37. The Kier molecular flexibility index (Phi) is 5.88. The highest BCUT2D eigenvalue weighted by Gasteiger charge is 2.17. The summed E-state index contributed by atoms with van der Waals surface area (Å²) in [6, 6.07) is 8.19. The van der Waals surface area contributed by atoms with E-state index in [0.717, 1.165) is 10.8 Å². The van der Waals surface area contributed by atoms with Gasteiger partial charge in [-0.1, -0.05) is 18.2 Å². The second kappa shape index (κ2) is 6.99. The lowest BCUT2D eigenvalue weighted by Crippen LogP contribution is -2.33. The molecule has 0 aliphatic heterocycles. The van der Waals surface area contributed by atoms with Crippen molar-refractivity contribution in [3.05, 3.63) is 30.3 Å². The first-order chi connectivity index (χ1) is 9.21. The van der Waals surface area contributed by atoms with Crippen LogP contribution in [0.2, 0.25) is 0 Å². The maximum absolute atomic E-state index is 11.9. The normalized spacial score (nSPS) is 11.9. The Hall–Kier alpha value is -1.21. The van der Waals surface area contributed by atoms with Gasteiger partial charge in [-0.25, -0.2) is 13.2 Å². The molecule has 5 nitrogen and oxygen atoms in total. The molecule has 0 spiro atoms. The summed E-state index contributed by atoms with van der Waals surface area (Å²) in [7, 11) is -2.58. The van der Waals surface area contributed by atoms with Gasteiger partial charge in [0.1, 0.15) is 5.60 Å². The smallest absolute Gasteiger partial charge is 0.407 e. The van der Waals surface area contributed by atoms with Crippen LogP contribution < -0.4 is 5.32 Å². The van der Waals surface area contributed by atoms with Crippen molar-refractivity contribution in [1.29, 1.82) is 0 Å². The van der Waals surface area contributed by atoms with Crippen LogP contribution in [0.3, 0.4) is 0 Å². The van der Waals surface area contributed by atoms with Crippen molar-refractivity contribution in [2.75, 3.05) is 12.3 Å². The molecule has 0 saturated heterocycles. The minimum atomic E-state index is -3.37. The Bertz CT molecular complexity index is 535. The van der Waals surface area contributed by atoms with Crippen molar-refractivity contribution in [3.63, 3.8) is 0 Å². The quantitative estimate of drug-likeness (QED) is 0.667. The maximum Gasteiger partial charge on any atom is 0.407 e. The SMILES string of the molecule is CC(C)(C)OC(=O)NCCSS(=O)(=O)c1ccccc1. The fraction of sp³-hybridized carbons (Fsp3) is 0.462. The van der Waals surface area contributed by atoms with Gasteiger partial charge in [-0.3, -0.25) is 0 Å². The first-order valence-electron chi connectivity index (χ1n) is 6.12. The van der Waals surface area contributed by atoms with Gasteiger partial charge in [-0.15, -0.1) is 0 Å². The molecule has 1 rings (SSSR count). The zero-order valence-electron chi connectivity index (χ0n) is 11.8. The topological polar surface area (TPSA) is 72.5 Å². The summed E-state index contributed by atoms with van der Waals surface area (Å²) in [5.74, 6) is 0.260. The van der Waals surface area contributed by atoms with Crippen LogP contribution in [0, 0.1) is 0 Å². The van der Waals surface area contributed by atoms with Gasteiger partial charge in [0.2, 0.25) is 8.87 Å². The van der Waals surface area contributed by atoms with Crippen LogP contribution in [-0.2, 0) is 13.6 Å². The second-order valence-electron chi connectivity index (χ2n) is 5.02. The standard InChI is InChI=1S/C13H19NO4S2/c1-13(2,3)18-12(15)14-9-10-19-20(16,17)11-7-5-4-6-8-11/h4-8H,9-10H2,1-3H3,(H,14,15). The van der Waals surface area contributed by atoms with Gasteiger partial charge >= 0.3 is 6.09 Å². The van der Waals surface area contributed by atoms with Gasteiger partial charge in [0.15, 0.2) is 0 Å². The summed E-state index contributed by atoms with van der Waals surface area (Å²) in [4.78, 5) is 11.6. The van der Waals surface area contributed by atoms with Crippen LogP contribution in [0.25, 0.3) is 0 Å². The maximum atomic E-state index is 11.9. The van der Waals surface area contributed by atoms with Crippen LogP contribution in [0.15, 0.2) is 35.2 Å². The number of nitrogens with one attached hydrogen (secondary N) is 1. The van der Waals surface area contributed by atoms with Gasteiger partial charge in [0, 0.05) is 12.3 Å². The highest BCUT2D eigenvalue weighted by Crippen LogP contribution is 2.22. The first kappa shape index (κ1) is 16.8. The number of ether oxygens (including phenoxy) is 1. The number of carbonyl (C=O) groups excluding carboxylic acids is 1. The van der Waals surface area contributed by atoms with Crippen molar-refractivity contribution < 1.29 is 17.9 Å². The number of amides is 1. The largest absolute Gasteiger partial charge is 0.444 e. The molecule has 1 amide bonds. The van der Waals surface area contributed by atoms with Crippen molar-refractivity contribution in [3.8, 4) is 0 Å². The van der Waals surface area contributed by atoms with Gasteiger partial charge < -0.3 is 10.1 Å². The van der Waals surface area contributed by atoms with Gasteiger partial charge in [-0.2, -0.15) is 0 Å². The molecule has 0 saturated carbocycles. The fourth-order valence-electron chi connectivity index (χ4n) is 1.27. The Labute approximate surface area is 123 Å². The van der Waals surface area contributed by atoms with Crippen molar-refractivity contribution in [2.45, 2.75) is 31.3 Å². The van der Waals surface area contributed by atoms with E-state index in [4.69, 9.17) is 4.74 Å². The third-order valence-corrected chi connectivity index (χ3v) is 5.58. The number of benzene rings is 1. The lowest BCUT2D eigenvalue weighted by Gasteiger charge is -2.19. The van der Waals surface area contributed by atoms with E-state index in [1.165, 1.54) is 0 Å². The number of rotatable bonds is 5. The molecule has 0 heterocycles. The van der Waals surface area contributed by atoms with Crippen LogP contribution in [-0.4, -0.2) is 32.4 Å². The molecule has 0 fully saturated rings. The first-order valence-corrected chi connectivity index (χ1v) is 9.11. The molecule has 0 radical (unpaired) electrons. The Morgan fingerprint density at radius 1 is 1.25 bits per heavy atom. The van der Waals surface area contributed by atoms with Crippen LogP contribution in [0.5, 0.6) is 0 Å². The molecule has 112 valence electrons. The molecule has 1 N–H and O–H groups in total. The van der Waals surface area contributed by atoms with Gasteiger partial charge in [0.05, 0.1) is 4.90 Å². The van der Waals surface area contributed by atoms with Gasteiger partial charge in [0.25, 0.3) is 0 Å². The van der Waals surface area contributed by atoms with E-state index in [2.05, 4.69) is 5.32 Å². The summed E-state index contributed by atoms with van der Waals surface area (Å²) in [5, 5.41) is 2.52. The zero-order chi connectivity index (χ0) is 15.2. The number of hydrogen-bond donors (Lipinski definition) is 1. The van der Waals surface area contributed by atoms with Crippen LogP contribution in [0.4, 0.5) is 4.79 Å². The minimum Gasteiger partial charge on any atom is -0.444 e.